The molecule has 0 spiro atoms. The van der Waals surface area contributed by atoms with E-state index in [2.05, 4.69) is 10.1 Å². The average molecular weight is 203 g/mol. The highest BCUT2D eigenvalue weighted by molar-refractivity contribution is 5.28. The summed E-state index contributed by atoms with van der Waals surface area (Å²) in [5.41, 5.74) is 1.60. The van der Waals surface area contributed by atoms with Gasteiger partial charge in [0.25, 0.3) is 0 Å². The van der Waals surface area contributed by atoms with Crippen LogP contribution in [0, 0.1) is 0 Å². The van der Waals surface area contributed by atoms with Crippen LogP contribution in [0.25, 0.3) is 5.69 Å². The van der Waals surface area contributed by atoms with Crippen LogP contribution in [0.3, 0.4) is 0 Å². The molecular formula is C11H13N3O. The fourth-order valence-electron chi connectivity index (χ4n) is 1.36. The Balaban J connectivity index is 2.25. The average Bonchev–Trinajstić information content (AvgIpc) is 2.82. The maximum atomic E-state index is 9.57. The Labute approximate surface area is 88.2 Å². The summed E-state index contributed by atoms with van der Waals surface area (Å²) in [6.45, 7) is 1.92. The molecule has 1 N–H and O–H groups in total. The van der Waals surface area contributed by atoms with E-state index < -0.39 is 6.10 Å². The van der Waals surface area contributed by atoms with Crippen molar-refractivity contribution in [2.45, 2.75) is 19.4 Å². The van der Waals surface area contributed by atoms with Crippen LogP contribution in [0.15, 0.2) is 36.8 Å². The van der Waals surface area contributed by atoms with Crippen molar-refractivity contribution in [2.75, 3.05) is 0 Å². The van der Waals surface area contributed by atoms with Gasteiger partial charge in [-0.1, -0.05) is 6.92 Å². The van der Waals surface area contributed by atoms with Crippen LogP contribution in [0.4, 0.5) is 0 Å². The van der Waals surface area contributed by atoms with Gasteiger partial charge >= 0.3 is 0 Å². The van der Waals surface area contributed by atoms with Gasteiger partial charge in [0, 0.05) is 12.4 Å². The number of aliphatic hydroxyl groups is 1. The Hall–Kier alpha value is -1.68. The highest BCUT2D eigenvalue weighted by Crippen LogP contribution is 2.14. The predicted octanol–water partition coefficient (Wildman–Crippen LogP) is 1.71. The molecule has 0 aliphatic heterocycles. The first-order valence-electron chi connectivity index (χ1n) is 4.95. The molecule has 0 unspecified atom stereocenters. The van der Waals surface area contributed by atoms with Crippen molar-refractivity contribution in [2.24, 2.45) is 0 Å². The number of pyridine rings is 1. The summed E-state index contributed by atoms with van der Waals surface area (Å²) < 4.78 is 1.73. The highest BCUT2D eigenvalue weighted by Gasteiger charge is 2.05. The van der Waals surface area contributed by atoms with Crippen molar-refractivity contribution >= 4 is 0 Å². The normalized spacial score (nSPS) is 12.7. The molecule has 0 amide bonds. The smallest absolute Gasteiger partial charge is 0.0957 e. The number of hydrogen-bond acceptors (Lipinski definition) is 3. The van der Waals surface area contributed by atoms with Crippen LogP contribution in [-0.4, -0.2) is 19.9 Å². The molecule has 2 heterocycles. The second-order valence-electron chi connectivity index (χ2n) is 3.32. The number of nitrogens with zero attached hydrogens (tertiary/aromatic N) is 3. The molecule has 1 atom stereocenters. The quantitative estimate of drug-likeness (QED) is 0.826. The van der Waals surface area contributed by atoms with Crippen molar-refractivity contribution in [3.05, 3.63) is 42.5 Å². The van der Waals surface area contributed by atoms with Crippen LogP contribution in [0.1, 0.15) is 25.1 Å². The number of hydrogen-bond donors (Lipinski definition) is 1. The number of aromatic nitrogens is 3. The first-order chi connectivity index (χ1) is 7.31. The van der Waals surface area contributed by atoms with Gasteiger partial charge < -0.3 is 5.11 Å². The Morgan fingerprint density at radius 1 is 1.47 bits per heavy atom. The standard InChI is InChI=1S/C11H13N3O/c1-2-11(15)10-5-4-9(8-12-10)14-7-3-6-13-14/h3-8,11,15H,2H2,1H3/t11-/m0/s1. The van der Waals surface area contributed by atoms with E-state index in [9.17, 15) is 5.11 Å². The van der Waals surface area contributed by atoms with Crippen molar-refractivity contribution < 1.29 is 5.11 Å². The lowest BCUT2D eigenvalue weighted by Crippen LogP contribution is -2.01. The molecule has 0 saturated heterocycles. The SMILES string of the molecule is CC[C@H](O)c1ccc(-n2cccn2)cn1. The number of rotatable bonds is 3. The Morgan fingerprint density at radius 3 is 2.87 bits per heavy atom. The van der Waals surface area contributed by atoms with E-state index in [0.29, 0.717) is 12.1 Å². The summed E-state index contributed by atoms with van der Waals surface area (Å²) in [5, 5.41) is 13.7. The van der Waals surface area contributed by atoms with Crippen molar-refractivity contribution in [1.82, 2.24) is 14.8 Å². The van der Waals surface area contributed by atoms with E-state index >= 15 is 0 Å². The van der Waals surface area contributed by atoms with Gasteiger partial charge in [0.05, 0.1) is 23.7 Å². The maximum Gasteiger partial charge on any atom is 0.0957 e. The zero-order chi connectivity index (χ0) is 10.7. The van der Waals surface area contributed by atoms with Crippen molar-refractivity contribution in [3.8, 4) is 5.69 Å². The van der Waals surface area contributed by atoms with Gasteiger partial charge in [-0.2, -0.15) is 5.10 Å². The highest BCUT2D eigenvalue weighted by atomic mass is 16.3. The largest absolute Gasteiger partial charge is 0.387 e. The molecule has 0 saturated carbocycles. The third kappa shape index (κ3) is 2.05. The van der Waals surface area contributed by atoms with E-state index in [1.54, 1.807) is 17.1 Å². The fraction of sp³-hybridized carbons (Fsp3) is 0.273. The van der Waals surface area contributed by atoms with Gasteiger partial charge in [0.2, 0.25) is 0 Å². The minimum Gasteiger partial charge on any atom is -0.387 e. The molecular weight excluding hydrogens is 190 g/mol. The molecule has 4 heteroatoms. The van der Waals surface area contributed by atoms with Crippen molar-refractivity contribution in [1.29, 1.82) is 0 Å². The first kappa shape index (κ1) is 9.86. The third-order valence-corrected chi connectivity index (χ3v) is 2.27. The molecule has 2 aromatic heterocycles. The Morgan fingerprint density at radius 2 is 2.33 bits per heavy atom. The van der Waals surface area contributed by atoms with Gasteiger partial charge in [0.1, 0.15) is 0 Å². The van der Waals surface area contributed by atoms with Gasteiger partial charge in [0.15, 0.2) is 0 Å². The van der Waals surface area contributed by atoms with Gasteiger partial charge in [-0.15, -0.1) is 0 Å². The monoisotopic (exact) mass is 203 g/mol. The summed E-state index contributed by atoms with van der Waals surface area (Å²) in [6, 6.07) is 5.58. The molecule has 15 heavy (non-hydrogen) atoms. The topological polar surface area (TPSA) is 50.9 Å². The molecule has 0 fully saturated rings. The third-order valence-electron chi connectivity index (χ3n) is 2.27. The Bertz CT molecular complexity index is 408. The van der Waals surface area contributed by atoms with Gasteiger partial charge in [-0.05, 0) is 24.6 Å². The summed E-state index contributed by atoms with van der Waals surface area (Å²) in [6.07, 6.45) is 5.48. The van der Waals surface area contributed by atoms with E-state index in [1.165, 1.54) is 0 Å². The lowest BCUT2D eigenvalue weighted by atomic mass is 10.2. The number of aliphatic hydroxyl groups excluding tert-OH is 1. The van der Waals surface area contributed by atoms with Gasteiger partial charge in [-0.25, -0.2) is 4.68 Å². The maximum absolute atomic E-state index is 9.57. The lowest BCUT2D eigenvalue weighted by molar-refractivity contribution is 0.169. The summed E-state index contributed by atoms with van der Waals surface area (Å²) >= 11 is 0. The fourth-order valence-corrected chi connectivity index (χ4v) is 1.36. The van der Waals surface area contributed by atoms with Crippen LogP contribution in [0.5, 0.6) is 0 Å². The summed E-state index contributed by atoms with van der Waals surface area (Å²) in [5.74, 6) is 0. The summed E-state index contributed by atoms with van der Waals surface area (Å²) in [4.78, 5) is 4.19. The van der Waals surface area contributed by atoms with Crippen LogP contribution < -0.4 is 0 Å². The Kier molecular flexibility index (Phi) is 2.78. The van der Waals surface area contributed by atoms with Crippen LogP contribution in [0.2, 0.25) is 0 Å². The van der Waals surface area contributed by atoms with E-state index in [4.69, 9.17) is 0 Å². The first-order valence-corrected chi connectivity index (χ1v) is 4.95. The van der Waals surface area contributed by atoms with Gasteiger partial charge in [-0.3, -0.25) is 4.98 Å². The predicted molar refractivity (Wildman–Crippen MR) is 56.6 cm³/mol. The minimum absolute atomic E-state index is 0.475. The van der Waals surface area contributed by atoms with Crippen LogP contribution in [-0.2, 0) is 0 Å². The second kappa shape index (κ2) is 4.23. The van der Waals surface area contributed by atoms with E-state index in [-0.39, 0.29) is 0 Å². The molecule has 0 radical (unpaired) electrons. The molecule has 0 aliphatic carbocycles. The summed E-state index contributed by atoms with van der Waals surface area (Å²) in [7, 11) is 0. The molecule has 2 rings (SSSR count). The second-order valence-corrected chi connectivity index (χ2v) is 3.32. The molecule has 0 bridgehead atoms. The zero-order valence-electron chi connectivity index (χ0n) is 8.54. The zero-order valence-corrected chi connectivity index (χ0v) is 8.54. The molecule has 0 aliphatic rings. The molecule has 2 aromatic rings. The van der Waals surface area contributed by atoms with Crippen molar-refractivity contribution in [3.63, 3.8) is 0 Å². The van der Waals surface area contributed by atoms with Crippen LogP contribution >= 0.6 is 0 Å². The molecule has 0 aromatic carbocycles. The van der Waals surface area contributed by atoms with E-state index in [1.807, 2.05) is 31.3 Å². The van der Waals surface area contributed by atoms with E-state index in [0.717, 1.165) is 5.69 Å². The molecule has 78 valence electrons. The molecule has 4 nitrogen and oxygen atoms in total. The lowest BCUT2D eigenvalue weighted by Gasteiger charge is -2.07. The minimum atomic E-state index is -0.475.